The predicted octanol–water partition coefficient (Wildman–Crippen LogP) is 5.56. The molecule has 32 heavy (non-hydrogen) atoms. The first kappa shape index (κ1) is 21.5. The quantitative estimate of drug-likeness (QED) is 0.629. The molecule has 0 saturated heterocycles. The highest BCUT2D eigenvalue weighted by molar-refractivity contribution is 5.93. The van der Waals surface area contributed by atoms with Gasteiger partial charge in [0, 0.05) is 23.9 Å². The Balaban J connectivity index is 1.65. The van der Waals surface area contributed by atoms with Gasteiger partial charge in [-0.3, -0.25) is 9.69 Å². The Morgan fingerprint density at radius 2 is 1.81 bits per heavy atom. The molecule has 1 amide bonds. The molecule has 5 rings (SSSR count). The smallest absolute Gasteiger partial charge is 0.231 e. The van der Waals surface area contributed by atoms with E-state index in [-0.39, 0.29) is 17.5 Å². The molecule has 1 aromatic carbocycles. The summed E-state index contributed by atoms with van der Waals surface area (Å²) in [6.45, 7) is 4.24. The zero-order valence-electron chi connectivity index (χ0n) is 19.7. The second-order valence-electron chi connectivity index (χ2n) is 10.4. The summed E-state index contributed by atoms with van der Waals surface area (Å²) < 4.78 is 7.53. The molecule has 1 aromatic heterocycles. The summed E-state index contributed by atoms with van der Waals surface area (Å²) in [5, 5.41) is 5.13. The molecule has 1 aliphatic heterocycles. The third-order valence-electron chi connectivity index (χ3n) is 7.90. The van der Waals surface area contributed by atoms with Crippen molar-refractivity contribution in [2.24, 2.45) is 11.8 Å². The minimum Gasteiger partial charge on any atom is -0.497 e. The van der Waals surface area contributed by atoms with E-state index in [1.54, 1.807) is 7.11 Å². The van der Waals surface area contributed by atoms with Crippen LogP contribution in [0.4, 0.5) is 5.95 Å². The number of ether oxygens (including phenoxy) is 1. The van der Waals surface area contributed by atoms with E-state index < -0.39 is 0 Å². The molecule has 2 fully saturated rings. The highest BCUT2D eigenvalue weighted by atomic mass is 16.5. The Labute approximate surface area is 191 Å². The van der Waals surface area contributed by atoms with Crippen molar-refractivity contribution in [2.75, 3.05) is 12.0 Å². The standard InChI is InChI=1S/C26H36N4O2/c1-18(2)17-23(31)29-22-10-6-5-9-21(22)26(15-7-4-8-16-26)30-25(29)27-24(28-30)19-11-13-20(32-3)14-12-19/h11-14,18,21-22H,4-10,15-17H2,1-3H3. The largest absolute Gasteiger partial charge is 0.497 e. The van der Waals surface area contributed by atoms with Gasteiger partial charge in [-0.2, -0.15) is 4.98 Å². The van der Waals surface area contributed by atoms with Crippen molar-refractivity contribution in [2.45, 2.75) is 89.6 Å². The van der Waals surface area contributed by atoms with Crippen molar-refractivity contribution in [3.05, 3.63) is 24.3 Å². The number of fused-ring (bicyclic) bond motifs is 4. The highest BCUT2D eigenvalue weighted by Gasteiger charge is 2.55. The Bertz CT molecular complexity index is 959. The van der Waals surface area contributed by atoms with Gasteiger partial charge in [0.05, 0.1) is 12.6 Å². The molecule has 2 atom stereocenters. The molecule has 2 heterocycles. The molecule has 0 radical (unpaired) electrons. The normalized spacial score (nSPS) is 24.3. The third-order valence-corrected chi connectivity index (χ3v) is 7.90. The lowest BCUT2D eigenvalue weighted by atomic mass is 9.64. The van der Waals surface area contributed by atoms with Crippen LogP contribution in [0.15, 0.2) is 24.3 Å². The van der Waals surface area contributed by atoms with E-state index in [2.05, 4.69) is 23.4 Å². The zero-order chi connectivity index (χ0) is 22.3. The van der Waals surface area contributed by atoms with E-state index in [0.717, 1.165) is 36.5 Å². The lowest BCUT2D eigenvalue weighted by Gasteiger charge is -2.55. The van der Waals surface area contributed by atoms with Gasteiger partial charge in [-0.15, -0.1) is 5.10 Å². The Kier molecular flexibility index (Phi) is 5.72. The van der Waals surface area contributed by atoms with Crippen LogP contribution in [0.25, 0.3) is 11.4 Å². The van der Waals surface area contributed by atoms with Crippen LogP contribution in [0.3, 0.4) is 0 Å². The van der Waals surface area contributed by atoms with Gasteiger partial charge in [-0.25, -0.2) is 4.68 Å². The van der Waals surface area contributed by atoms with Crippen LogP contribution in [0.1, 0.15) is 78.1 Å². The fourth-order valence-electron chi connectivity index (χ4n) is 6.46. The van der Waals surface area contributed by atoms with Crippen LogP contribution in [0.5, 0.6) is 5.75 Å². The summed E-state index contributed by atoms with van der Waals surface area (Å²) in [6.07, 6.45) is 11.4. The number of anilines is 1. The Morgan fingerprint density at radius 3 is 2.50 bits per heavy atom. The minimum atomic E-state index is 0.00496. The van der Waals surface area contributed by atoms with Gasteiger partial charge in [0.2, 0.25) is 11.9 Å². The first-order valence-corrected chi connectivity index (χ1v) is 12.5. The molecule has 2 unspecified atom stereocenters. The van der Waals surface area contributed by atoms with Crippen LogP contribution in [0, 0.1) is 11.8 Å². The van der Waals surface area contributed by atoms with Crippen molar-refractivity contribution in [1.82, 2.24) is 14.8 Å². The zero-order valence-corrected chi connectivity index (χ0v) is 19.7. The predicted molar refractivity (Wildman–Crippen MR) is 126 cm³/mol. The summed E-state index contributed by atoms with van der Waals surface area (Å²) in [4.78, 5) is 20.7. The number of aromatic nitrogens is 3. The Morgan fingerprint density at radius 1 is 1.09 bits per heavy atom. The summed E-state index contributed by atoms with van der Waals surface area (Å²) in [6, 6.07) is 8.19. The molecule has 172 valence electrons. The topological polar surface area (TPSA) is 60.2 Å². The van der Waals surface area contributed by atoms with Gasteiger partial charge in [0.1, 0.15) is 5.75 Å². The molecule has 2 aromatic rings. The van der Waals surface area contributed by atoms with Gasteiger partial charge >= 0.3 is 0 Å². The first-order valence-electron chi connectivity index (χ1n) is 12.5. The van der Waals surface area contributed by atoms with Gasteiger partial charge < -0.3 is 4.74 Å². The molecular formula is C26H36N4O2. The average Bonchev–Trinajstić information content (AvgIpc) is 3.25. The molecule has 2 aliphatic carbocycles. The van der Waals surface area contributed by atoms with Crippen molar-refractivity contribution >= 4 is 11.9 Å². The highest BCUT2D eigenvalue weighted by Crippen LogP contribution is 2.53. The van der Waals surface area contributed by atoms with Gasteiger partial charge in [0.25, 0.3) is 0 Å². The van der Waals surface area contributed by atoms with E-state index in [4.69, 9.17) is 14.8 Å². The second kappa shape index (κ2) is 8.53. The Hall–Kier alpha value is -2.37. The third kappa shape index (κ3) is 3.52. The van der Waals surface area contributed by atoms with Crippen LogP contribution in [0.2, 0.25) is 0 Å². The number of amides is 1. The van der Waals surface area contributed by atoms with Gasteiger partial charge in [-0.05, 0) is 55.9 Å². The molecule has 0 N–H and O–H groups in total. The maximum atomic E-state index is 13.6. The number of hydrogen-bond acceptors (Lipinski definition) is 4. The lowest BCUT2D eigenvalue weighted by Crippen LogP contribution is -2.61. The summed E-state index contributed by atoms with van der Waals surface area (Å²) in [5.74, 6) is 3.33. The van der Waals surface area contributed by atoms with E-state index in [1.165, 1.54) is 38.5 Å². The molecule has 1 spiro atoms. The molecular weight excluding hydrogens is 400 g/mol. The molecule has 3 aliphatic rings. The number of carbonyl (C=O) groups excluding carboxylic acids is 1. The van der Waals surface area contributed by atoms with Gasteiger partial charge in [-0.1, -0.05) is 46.0 Å². The van der Waals surface area contributed by atoms with E-state index >= 15 is 0 Å². The number of rotatable bonds is 4. The number of hydrogen-bond donors (Lipinski definition) is 0. The van der Waals surface area contributed by atoms with Gasteiger partial charge in [0.15, 0.2) is 5.82 Å². The van der Waals surface area contributed by atoms with Crippen molar-refractivity contribution in [3.8, 4) is 17.1 Å². The number of methoxy groups -OCH3 is 1. The van der Waals surface area contributed by atoms with Crippen molar-refractivity contribution in [1.29, 1.82) is 0 Å². The number of nitrogens with zero attached hydrogens (tertiary/aromatic N) is 4. The number of carbonyl (C=O) groups is 1. The van der Waals surface area contributed by atoms with Crippen LogP contribution < -0.4 is 9.64 Å². The van der Waals surface area contributed by atoms with Crippen LogP contribution in [-0.2, 0) is 10.3 Å². The maximum absolute atomic E-state index is 13.6. The summed E-state index contributed by atoms with van der Waals surface area (Å²) >= 11 is 0. The minimum absolute atomic E-state index is 0.00496. The van der Waals surface area contributed by atoms with Crippen LogP contribution >= 0.6 is 0 Å². The fourth-order valence-corrected chi connectivity index (χ4v) is 6.46. The van der Waals surface area contributed by atoms with E-state index in [0.29, 0.717) is 24.1 Å². The SMILES string of the molecule is COc1ccc(-c2nc3n(n2)C2(CCCCC2)C2CCCCC2N3C(=O)CC(C)C)cc1. The molecule has 6 heteroatoms. The van der Waals surface area contributed by atoms with Crippen molar-refractivity contribution in [3.63, 3.8) is 0 Å². The number of benzene rings is 1. The molecule has 6 nitrogen and oxygen atoms in total. The molecule has 2 saturated carbocycles. The summed E-state index contributed by atoms with van der Waals surface area (Å²) in [5.41, 5.74) is 0.975. The fraction of sp³-hybridized carbons (Fsp3) is 0.654. The van der Waals surface area contributed by atoms with E-state index in [1.807, 2.05) is 24.3 Å². The monoisotopic (exact) mass is 436 g/mol. The maximum Gasteiger partial charge on any atom is 0.231 e. The van der Waals surface area contributed by atoms with Crippen molar-refractivity contribution < 1.29 is 9.53 Å². The lowest BCUT2D eigenvalue weighted by molar-refractivity contribution is -0.121. The van der Waals surface area contributed by atoms with E-state index in [9.17, 15) is 4.79 Å². The van der Waals surface area contributed by atoms with Crippen LogP contribution in [-0.4, -0.2) is 33.8 Å². The molecule has 0 bridgehead atoms. The summed E-state index contributed by atoms with van der Waals surface area (Å²) in [7, 11) is 1.68. The second-order valence-corrected chi connectivity index (χ2v) is 10.4. The first-order chi connectivity index (χ1) is 15.5. The average molecular weight is 437 g/mol.